The average molecular weight is 499 g/mol. The maximum atomic E-state index is 11.2. The van der Waals surface area contributed by atoms with Crippen LogP contribution in [0.1, 0.15) is 13.3 Å². The lowest BCUT2D eigenvalue weighted by Crippen LogP contribution is -2.23. The van der Waals surface area contributed by atoms with E-state index >= 15 is 0 Å². The Balaban J connectivity index is 1.22. The fourth-order valence-corrected chi connectivity index (χ4v) is 7.57. The molecule has 1 aromatic carbocycles. The second-order valence-electron chi connectivity index (χ2n) is 7.25. The molecule has 1 aliphatic carbocycles. The predicted octanol–water partition coefficient (Wildman–Crippen LogP) is 6.71. The summed E-state index contributed by atoms with van der Waals surface area (Å²) in [4.78, 5) is 26.0. The molecule has 1 aromatic rings. The summed E-state index contributed by atoms with van der Waals surface area (Å²) in [5, 5.41) is -0.300. The summed E-state index contributed by atoms with van der Waals surface area (Å²) in [5.74, 6) is 3.16. The van der Waals surface area contributed by atoms with Crippen LogP contribution in [0.3, 0.4) is 0 Å². The van der Waals surface area contributed by atoms with Crippen molar-refractivity contribution in [1.29, 1.82) is 0 Å². The van der Waals surface area contributed by atoms with Gasteiger partial charge < -0.3 is 9.47 Å². The van der Waals surface area contributed by atoms with E-state index in [1.807, 2.05) is 11.8 Å². The number of hydrogen-bond acceptors (Lipinski definition) is 9. The molecule has 30 heavy (non-hydrogen) atoms. The standard InChI is InChI=1S/C21H22O4S5/c1-21(29-13-15-12-28-20(23)25-15)8-6-18(7-9-21)30-17-4-2-16(3-5-17)26-10-14-11-27-19(22)24-14/h2-8,14-15H,9-13H2,1H3. The minimum absolute atomic E-state index is 0.0192. The van der Waals surface area contributed by atoms with Crippen molar-refractivity contribution in [3.8, 4) is 0 Å². The molecule has 2 saturated heterocycles. The van der Waals surface area contributed by atoms with E-state index in [2.05, 4.69) is 49.4 Å². The number of carbonyl (C=O) groups excluding carboxylic acids is 2. The number of cyclic esters (lactones) is 2. The average Bonchev–Trinajstić information content (AvgIpc) is 3.36. The van der Waals surface area contributed by atoms with E-state index in [9.17, 15) is 9.59 Å². The first-order valence-electron chi connectivity index (χ1n) is 9.58. The first-order valence-corrected chi connectivity index (χ1v) is 14.3. The zero-order valence-corrected chi connectivity index (χ0v) is 20.5. The lowest BCUT2D eigenvalue weighted by molar-refractivity contribution is 0.154. The van der Waals surface area contributed by atoms with E-state index in [1.54, 1.807) is 23.5 Å². The van der Waals surface area contributed by atoms with E-state index < -0.39 is 0 Å². The molecule has 0 saturated carbocycles. The summed E-state index contributed by atoms with van der Waals surface area (Å²) in [6, 6.07) is 8.55. The highest BCUT2D eigenvalue weighted by Crippen LogP contribution is 2.40. The molecule has 9 heteroatoms. The molecule has 0 bridgehead atoms. The Kier molecular flexibility index (Phi) is 7.78. The smallest absolute Gasteiger partial charge is 0.367 e. The van der Waals surface area contributed by atoms with Gasteiger partial charge in [0.1, 0.15) is 12.2 Å². The molecule has 2 aliphatic heterocycles. The number of benzene rings is 1. The first kappa shape index (κ1) is 22.6. The lowest BCUT2D eigenvalue weighted by atomic mass is 10.0. The van der Waals surface area contributed by atoms with E-state index in [0.29, 0.717) is 0 Å². The van der Waals surface area contributed by atoms with Gasteiger partial charge >= 0.3 is 10.6 Å². The second-order valence-corrected chi connectivity index (χ2v) is 13.0. The summed E-state index contributed by atoms with van der Waals surface area (Å²) in [6.07, 6.45) is 7.79. The van der Waals surface area contributed by atoms with Gasteiger partial charge in [0.25, 0.3) is 0 Å². The molecule has 4 nitrogen and oxygen atoms in total. The van der Waals surface area contributed by atoms with Gasteiger partial charge in [0.05, 0.1) is 0 Å². The molecular formula is C21H22O4S5. The van der Waals surface area contributed by atoms with E-state index in [1.165, 1.54) is 38.2 Å². The largest absolute Gasteiger partial charge is 0.452 e. The normalized spacial score (nSPS) is 28.4. The molecule has 3 aliphatic rings. The van der Waals surface area contributed by atoms with Gasteiger partial charge in [-0.2, -0.15) is 0 Å². The molecule has 160 valence electrons. The number of ether oxygens (including phenoxy) is 2. The third kappa shape index (κ3) is 6.45. The fourth-order valence-electron chi connectivity index (χ4n) is 2.99. The van der Waals surface area contributed by atoms with Gasteiger partial charge in [-0.25, -0.2) is 9.59 Å². The number of carbonyl (C=O) groups is 2. The first-order chi connectivity index (χ1) is 14.5. The van der Waals surface area contributed by atoms with Crippen LogP contribution in [0.2, 0.25) is 0 Å². The molecule has 0 N–H and O–H groups in total. The van der Waals surface area contributed by atoms with E-state index in [4.69, 9.17) is 9.47 Å². The van der Waals surface area contributed by atoms with Crippen LogP contribution in [-0.2, 0) is 9.47 Å². The molecule has 2 fully saturated rings. The van der Waals surface area contributed by atoms with Crippen LogP contribution >= 0.6 is 58.8 Å². The molecule has 0 amide bonds. The van der Waals surface area contributed by atoms with Gasteiger partial charge in [-0.1, -0.05) is 30.0 Å². The van der Waals surface area contributed by atoms with E-state index in [0.717, 1.165) is 29.4 Å². The molecule has 0 radical (unpaired) electrons. The Morgan fingerprint density at radius 1 is 1.00 bits per heavy atom. The number of hydrogen-bond donors (Lipinski definition) is 0. The Bertz CT molecular complexity index is 853. The van der Waals surface area contributed by atoms with Crippen molar-refractivity contribution in [2.24, 2.45) is 0 Å². The van der Waals surface area contributed by atoms with Crippen LogP contribution in [0, 0.1) is 0 Å². The molecule has 2 heterocycles. The lowest BCUT2D eigenvalue weighted by Gasteiger charge is -2.28. The Morgan fingerprint density at radius 3 is 2.20 bits per heavy atom. The highest BCUT2D eigenvalue weighted by atomic mass is 32.2. The molecule has 0 aromatic heterocycles. The highest BCUT2D eigenvalue weighted by molar-refractivity contribution is 8.14. The summed E-state index contributed by atoms with van der Waals surface area (Å²) >= 11 is 7.89. The highest BCUT2D eigenvalue weighted by Gasteiger charge is 2.29. The maximum absolute atomic E-state index is 11.2. The van der Waals surface area contributed by atoms with Crippen LogP contribution in [0.25, 0.3) is 0 Å². The van der Waals surface area contributed by atoms with Crippen molar-refractivity contribution in [1.82, 2.24) is 0 Å². The topological polar surface area (TPSA) is 52.6 Å². The van der Waals surface area contributed by atoms with Crippen LogP contribution in [0.5, 0.6) is 0 Å². The van der Waals surface area contributed by atoms with Gasteiger partial charge in [-0.05, 0) is 61.1 Å². The van der Waals surface area contributed by atoms with Crippen molar-refractivity contribution in [3.63, 3.8) is 0 Å². The summed E-state index contributed by atoms with van der Waals surface area (Å²) in [6.45, 7) is 2.24. The van der Waals surface area contributed by atoms with Crippen molar-refractivity contribution < 1.29 is 19.1 Å². The SMILES string of the molecule is CC1(SCC2CSC(=O)O2)C=CC(Sc2ccc(SCC3CSC(=O)O3)cc2)=CC1. The predicted molar refractivity (Wildman–Crippen MR) is 131 cm³/mol. The quantitative estimate of drug-likeness (QED) is 0.287. The summed E-state index contributed by atoms with van der Waals surface area (Å²) in [5.41, 5.74) is 0. The van der Waals surface area contributed by atoms with Crippen molar-refractivity contribution in [2.45, 2.75) is 40.1 Å². The minimum atomic E-state index is -0.156. The van der Waals surface area contributed by atoms with Crippen molar-refractivity contribution in [3.05, 3.63) is 47.4 Å². The Labute approximate surface area is 198 Å². The van der Waals surface area contributed by atoms with Crippen LogP contribution < -0.4 is 0 Å². The van der Waals surface area contributed by atoms with Crippen LogP contribution in [-0.4, -0.2) is 50.6 Å². The molecule has 0 spiro atoms. The molecule has 3 unspecified atom stereocenters. The third-order valence-electron chi connectivity index (χ3n) is 4.70. The summed E-state index contributed by atoms with van der Waals surface area (Å²) in [7, 11) is 0. The zero-order valence-electron chi connectivity index (χ0n) is 16.4. The number of rotatable bonds is 8. The van der Waals surface area contributed by atoms with Crippen molar-refractivity contribution in [2.75, 3.05) is 23.0 Å². The third-order valence-corrected chi connectivity index (χ3v) is 10.1. The minimum Gasteiger partial charge on any atom is -0.452 e. The number of allylic oxidation sites excluding steroid dienone is 2. The number of thioether (sulfide) groups is 5. The van der Waals surface area contributed by atoms with Crippen LogP contribution in [0.15, 0.2) is 57.2 Å². The monoisotopic (exact) mass is 498 g/mol. The van der Waals surface area contributed by atoms with Crippen LogP contribution in [0.4, 0.5) is 9.59 Å². The second kappa shape index (κ2) is 10.3. The Morgan fingerprint density at radius 2 is 1.63 bits per heavy atom. The van der Waals surface area contributed by atoms with Gasteiger partial charge in [-0.3, -0.25) is 0 Å². The molecule has 3 atom stereocenters. The molecular weight excluding hydrogens is 477 g/mol. The fraction of sp³-hybridized carbons (Fsp3) is 0.429. The van der Waals surface area contributed by atoms with Gasteiger partial charge in [0.2, 0.25) is 0 Å². The summed E-state index contributed by atoms with van der Waals surface area (Å²) < 4.78 is 10.6. The zero-order chi connectivity index (χ0) is 21.0. The maximum Gasteiger partial charge on any atom is 0.367 e. The van der Waals surface area contributed by atoms with Gasteiger partial charge in [-0.15, -0.1) is 23.5 Å². The van der Waals surface area contributed by atoms with Gasteiger partial charge in [0.15, 0.2) is 0 Å². The Hall–Kier alpha value is -0.610. The molecule has 4 rings (SSSR count). The van der Waals surface area contributed by atoms with E-state index in [-0.39, 0.29) is 27.6 Å². The van der Waals surface area contributed by atoms with Crippen molar-refractivity contribution >= 4 is 69.4 Å². The van der Waals surface area contributed by atoms with Gasteiger partial charge in [0, 0.05) is 42.5 Å².